The molecule has 2 unspecified atom stereocenters. The lowest BCUT2D eigenvalue weighted by molar-refractivity contribution is 0.0876. The number of carbonyl (C=O) groups excluding carboxylic acids is 1. The lowest BCUT2D eigenvalue weighted by Crippen LogP contribution is -2.30. The molecule has 1 fully saturated rings. The van der Waals surface area contributed by atoms with E-state index in [-0.39, 0.29) is 6.10 Å². The van der Waals surface area contributed by atoms with Crippen LogP contribution in [0.15, 0.2) is 22.7 Å². The predicted octanol–water partition coefficient (Wildman–Crippen LogP) is 4.61. The Balaban J connectivity index is 2.19. The molecular weight excluding hydrogens is 292 g/mol. The Bertz CT molecular complexity index is 417. The van der Waals surface area contributed by atoms with Crippen molar-refractivity contribution in [3.63, 3.8) is 0 Å². The van der Waals surface area contributed by atoms with E-state index in [1.165, 1.54) is 19.3 Å². The maximum absolute atomic E-state index is 11.1. The zero-order valence-electron chi connectivity index (χ0n) is 10.7. The van der Waals surface area contributed by atoms with Gasteiger partial charge in [0.2, 0.25) is 0 Å². The molecular formula is C15H19BrO2. The van der Waals surface area contributed by atoms with Gasteiger partial charge in [-0.2, -0.15) is 0 Å². The van der Waals surface area contributed by atoms with Crippen molar-refractivity contribution in [1.29, 1.82) is 0 Å². The van der Waals surface area contributed by atoms with Gasteiger partial charge in [0.15, 0.2) is 6.29 Å². The molecule has 1 aliphatic carbocycles. The first-order valence-electron chi connectivity index (χ1n) is 6.66. The minimum atomic E-state index is 0.251. The quantitative estimate of drug-likeness (QED) is 0.759. The summed E-state index contributed by atoms with van der Waals surface area (Å²) in [4.78, 5) is 11.1. The van der Waals surface area contributed by atoms with Gasteiger partial charge in [-0.05, 0) is 59.7 Å². The normalized spacial score (nSPS) is 23.7. The molecule has 98 valence electrons. The number of benzene rings is 1. The molecule has 2 atom stereocenters. The standard InChI is InChI=1S/C15H19BrO2/c1-2-11-6-3-4-9-14(11)18-15-12(10-17)7-5-8-13(15)16/h5,7-8,10-11,14H,2-4,6,9H2,1H3. The summed E-state index contributed by atoms with van der Waals surface area (Å²) in [6.45, 7) is 2.22. The van der Waals surface area contributed by atoms with Gasteiger partial charge < -0.3 is 4.74 Å². The summed E-state index contributed by atoms with van der Waals surface area (Å²) in [6, 6.07) is 5.59. The Labute approximate surface area is 117 Å². The third kappa shape index (κ3) is 2.94. The maximum atomic E-state index is 11.1. The Morgan fingerprint density at radius 1 is 1.39 bits per heavy atom. The highest BCUT2D eigenvalue weighted by molar-refractivity contribution is 9.10. The minimum Gasteiger partial charge on any atom is -0.488 e. The van der Waals surface area contributed by atoms with Gasteiger partial charge in [-0.15, -0.1) is 0 Å². The van der Waals surface area contributed by atoms with Crippen molar-refractivity contribution < 1.29 is 9.53 Å². The Morgan fingerprint density at radius 2 is 2.17 bits per heavy atom. The molecule has 3 heteroatoms. The molecule has 1 aromatic rings. The van der Waals surface area contributed by atoms with E-state index in [1.807, 2.05) is 12.1 Å². The van der Waals surface area contributed by atoms with Crippen LogP contribution in [0.1, 0.15) is 49.4 Å². The molecule has 0 amide bonds. The zero-order chi connectivity index (χ0) is 13.0. The SMILES string of the molecule is CCC1CCCCC1Oc1c(Br)cccc1C=O. The maximum Gasteiger partial charge on any atom is 0.153 e. The van der Waals surface area contributed by atoms with Gasteiger partial charge in [-0.1, -0.05) is 19.4 Å². The highest BCUT2D eigenvalue weighted by Gasteiger charge is 2.26. The summed E-state index contributed by atoms with van der Waals surface area (Å²) in [7, 11) is 0. The molecule has 0 aliphatic heterocycles. The molecule has 0 bridgehead atoms. The lowest BCUT2D eigenvalue weighted by Gasteiger charge is -2.31. The Hall–Kier alpha value is -0.830. The average Bonchev–Trinajstić information content (AvgIpc) is 2.41. The molecule has 1 aliphatic rings. The number of hydrogen-bond donors (Lipinski definition) is 0. The molecule has 2 rings (SSSR count). The lowest BCUT2D eigenvalue weighted by atomic mass is 9.84. The van der Waals surface area contributed by atoms with Crippen molar-refractivity contribution in [1.82, 2.24) is 0 Å². The molecule has 18 heavy (non-hydrogen) atoms. The number of para-hydroxylation sites is 1. The fourth-order valence-electron chi connectivity index (χ4n) is 2.69. The molecule has 1 saturated carbocycles. The van der Waals surface area contributed by atoms with Crippen LogP contribution in [0.2, 0.25) is 0 Å². The van der Waals surface area contributed by atoms with Gasteiger partial charge in [0, 0.05) is 0 Å². The molecule has 0 aromatic heterocycles. The Kier molecular flexibility index (Phi) is 4.81. The first-order chi connectivity index (χ1) is 8.76. The predicted molar refractivity (Wildman–Crippen MR) is 76.2 cm³/mol. The Morgan fingerprint density at radius 3 is 2.89 bits per heavy atom. The van der Waals surface area contributed by atoms with Crippen LogP contribution >= 0.6 is 15.9 Å². The van der Waals surface area contributed by atoms with Gasteiger partial charge in [0.25, 0.3) is 0 Å². The molecule has 1 aromatic carbocycles. The summed E-state index contributed by atoms with van der Waals surface area (Å²) in [5, 5.41) is 0. The molecule has 2 nitrogen and oxygen atoms in total. The van der Waals surface area contributed by atoms with Gasteiger partial charge in [-0.25, -0.2) is 0 Å². The summed E-state index contributed by atoms with van der Waals surface area (Å²) in [6.07, 6.45) is 7.12. The molecule has 0 N–H and O–H groups in total. The first-order valence-corrected chi connectivity index (χ1v) is 7.46. The topological polar surface area (TPSA) is 26.3 Å². The summed E-state index contributed by atoms with van der Waals surface area (Å²) in [5.41, 5.74) is 0.629. The van der Waals surface area contributed by atoms with Crippen LogP contribution < -0.4 is 4.74 Å². The van der Waals surface area contributed by atoms with Crippen molar-refractivity contribution in [2.45, 2.75) is 45.1 Å². The van der Waals surface area contributed by atoms with Crippen LogP contribution in [0.5, 0.6) is 5.75 Å². The minimum absolute atomic E-state index is 0.251. The van der Waals surface area contributed by atoms with Gasteiger partial charge in [0.05, 0.1) is 10.0 Å². The molecule has 0 radical (unpaired) electrons. The fraction of sp³-hybridized carbons (Fsp3) is 0.533. The van der Waals surface area contributed by atoms with E-state index < -0.39 is 0 Å². The second-order valence-corrected chi connectivity index (χ2v) is 5.74. The number of rotatable bonds is 4. The van der Waals surface area contributed by atoms with Crippen molar-refractivity contribution in [2.75, 3.05) is 0 Å². The van der Waals surface area contributed by atoms with Crippen molar-refractivity contribution in [3.05, 3.63) is 28.2 Å². The molecule has 0 saturated heterocycles. The summed E-state index contributed by atoms with van der Waals surface area (Å²) < 4.78 is 7.00. The van der Waals surface area contributed by atoms with Crippen molar-refractivity contribution in [2.24, 2.45) is 5.92 Å². The van der Waals surface area contributed by atoms with E-state index in [1.54, 1.807) is 6.07 Å². The van der Waals surface area contributed by atoms with Crippen LogP contribution in [-0.2, 0) is 0 Å². The van der Waals surface area contributed by atoms with Gasteiger partial charge >= 0.3 is 0 Å². The smallest absolute Gasteiger partial charge is 0.153 e. The molecule has 0 spiro atoms. The monoisotopic (exact) mass is 310 g/mol. The largest absolute Gasteiger partial charge is 0.488 e. The number of hydrogen-bond acceptors (Lipinski definition) is 2. The van der Waals surface area contributed by atoms with E-state index in [2.05, 4.69) is 22.9 Å². The van der Waals surface area contributed by atoms with E-state index in [0.29, 0.717) is 17.2 Å². The second kappa shape index (κ2) is 6.37. The van der Waals surface area contributed by atoms with Gasteiger partial charge in [0.1, 0.15) is 11.9 Å². The number of halogens is 1. The first kappa shape index (κ1) is 13.6. The van der Waals surface area contributed by atoms with Crippen LogP contribution in [0.25, 0.3) is 0 Å². The van der Waals surface area contributed by atoms with E-state index in [4.69, 9.17) is 4.74 Å². The van der Waals surface area contributed by atoms with Gasteiger partial charge in [-0.3, -0.25) is 4.79 Å². The third-order valence-electron chi connectivity index (χ3n) is 3.76. The van der Waals surface area contributed by atoms with E-state index in [0.717, 1.165) is 23.6 Å². The third-order valence-corrected chi connectivity index (χ3v) is 4.38. The molecule has 0 heterocycles. The van der Waals surface area contributed by atoms with Crippen LogP contribution in [0.4, 0.5) is 0 Å². The number of ether oxygens (including phenoxy) is 1. The highest BCUT2D eigenvalue weighted by Crippen LogP contribution is 2.35. The van der Waals surface area contributed by atoms with Crippen LogP contribution in [0.3, 0.4) is 0 Å². The van der Waals surface area contributed by atoms with Crippen molar-refractivity contribution >= 4 is 22.2 Å². The van der Waals surface area contributed by atoms with E-state index >= 15 is 0 Å². The average molecular weight is 311 g/mol. The highest BCUT2D eigenvalue weighted by atomic mass is 79.9. The summed E-state index contributed by atoms with van der Waals surface area (Å²) >= 11 is 3.47. The summed E-state index contributed by atoms with van der Waals surface area (Å²) in [5.74, 6) is 1.32. The van der Waals surface area contributed by atoms with Crippen LogP contribution in [0, 0.1) is 5.92 Å². The zero-order valence-corrected chi connectivity index (χ0v) is 12.3. The fourth-order valence-corrected chi connectivity index (χ4v) is 3.16. The second-order valence-electron chi connectivity index (χ2n) is 4.89. The van der Waals surface area contributed by atoms with Crippen molar-refractivity contribution in [3.8, 4) is 5.75 Å². The number of carbonyl (C=O) groups is 1. The van der Waals surface area contributed by atoms with Crippen LogP contribution in [-0.4, -0.2) is 12.4 Å². The van der Waals surface area contributed by atoms with E-state index in [9.17, 15) is 4.79 Å². The number of aldehydes is 1.